The van der Waals surface area contributed by atoms with Gasteiger partial charge in [0.1, 0.15) is 18.1 Å². The lowest BCUT2D eigenvalue weighted by molar-refractivity contribution is -0.144. The van der Waals surface area contributed by atoms with Gasteiger partial charge in [-0.2, -0.15) is 0 Å². The first kappa shape index (κ1) is 40.2. The molecule has 7 amide bonds. The van der Waals surface area contributed by atoms with Crippen molar-refractivity contribution in [2.75, 3.05) is 18.4 Å². The fraction of sp³-hybridized carbons (Fsp3) is 0.450. The minimum atomic E-state index is -1.09. The number of hydrogen-bond donors (Lipinski definition) is 5. The summed E-state index contributed by atoms with van der Waals surface area (Å²) < 4.78 is 0. The van der Waals surface area contributed by atoms with E-state index in [4.69, 9.17) is 0 Å². The standard InChI is InChI=1S/C40H47N7O8S/c1-21(23-11-13-24(14-12-23)33-22(2)42-20-56-33)43-36(52)29-18-25(48)19-46(29)39(55)34(40(3,4)5)44-30(49)10-7-17-41-27-9-6-8-26-32(27)38(54)47(37(26)53)28-15-16-31(50)45-35(28)51/h6,8-9,11-14,20-21,25,28-29,34,41,48H,7,10,15-19H2,1-5H3,(H,43,52)(H,44,49)(H,45,50,51)/t21-,25+,28?,29-,34+/m0/s1. The van der Waals surface area contributed by atoms with Crippen LogP contribution in [0.15, 0.2) is 48.0 Å². The van der Waals surface area contributed by atoms with Crippen molar-refractivity contribution in [1.82, 2.24) is 30.7 Å². The number of carbonyl (C=O) groups is 7. The van der Waals surface area contributed by atoms with Crippen molar-refractivity contribution in [2.24, 2.45) is 5.41 Å². The molecule has 296 valence electrons. The second kappa shape index (κ2) is 16.3. The number of β-amino-alcohol motifs (C(OH)–C–C–N with tert-alkyl or cyclic N) is 1. The molecule has 1 aromatic heterocycles. The number of carbonyl (C=O) groups excluding carboxylic acids is 7. The summed E-state index contributed by atoms with van der Waals surface area (Å²) in [4.78, 5) is 99.3. The highest BCUT2D eigenvalue weighted by molar-refractivity contribution is 7.13. The van der Waals surface area contributed by atoms with Crippen molar-refractivity contribution >= 4 is 58.4 Å². The molecule has 3 aliphatic heterocycles. The zero-order valence-electron chi connectivity index (χ0n) is 32.0. The molecule has 5 atom stereocenters. The molecule has 3 aromatic rings. The minimum Gasteiger partial charge on any atom is -0.391 e. The van der Waals surface area contributed by atoms with Gasteiger partial charge in [0.2, 0.25) is 29.5 Å². The molecular weight excluding hydrogens is 739 g/mol. The van der Waals surface area contributed by atoms with E-state index in [9.17, 15) is 38.7 Å². The first-order valence-corrected chi connectivity index (χ1v) is 19.6. The van der Waals surface area contributed by atoms with Crippen LogP contribution in [0.4, 0.5) is 5.69 Å². The maximum absolute atomic E-state index is 14.1. The van der Waals surface area contributed by atoms with E-state index < -0.39 is 71.0 Å². The number of aromatic nitrogens is 1. The van der Waals surface area contributed by atoms with Gasteiger partial charge < -0.3 is 26.0 Å². The van der Waals surface area contributed by atoms with E-state index in [1.54, 1.807) is 29.0 Å². The quantitative estimate of drug-likeness (QED) is 0.134. The molecule has 6 rings (SSSR count). The lowest BCUT2D eigenvalue weighted by Gasteiger charge is -2.35. The SMILES string of the molecule is Cc1ncsc1-c1ccc([C@H](C)NC(=O)[C@@H]2C[C@@H](O)CN2C(=O)[C@@H](NC(=O)CCCNc2cccc3c2C(=O)N(C2CCC(=O)NC2=O)C3=O)C(C)(C)C)cc1. The molecule has 1 unspecified atom stereocenters. The van der Waals surface area contributed by atoms with Crippen molar-refractivity contribution < 1.29 is 38.7 Å². The van der Waals surface area contributed by atoms with Gasteiger partial charge in [-0.1, -0.05) is 51.1 Å². The topological polar surface area (TPSA) is 207 Å². The molecule has 16 heteroatoms. The van der Waals surface area contributed by atoms with Crippen molar-refractivity contribution in [2.45, 2.75) is 97.0 Å². The number of nitrogens with zero attached hydrogens (tertiary/aromatic N) is 3. The Kier molecular flexibility index (Phi) is 11.7. The second-order valence-corrected chi connectivity index (χ2v) is 16.4. The molecule has 56 heavy (non-hydrogen) atoms. The predicted octanol–water partition coefficient (Wildman–Crippen LogP) is 3.08. The van der Waals surface area contributed by atoms with Gasteiger partial charge in [0.05, 0.1) is 39.4 Å². The molecule has 0 spiro atoms. The Morgan fingerprint density at radius 2 is 1.77 bits per heavy atom. The van der Waals surface area contributed by atoms with E-state index >= 15 is 0 Å². The van der Waals surface area contributed by atoms with Crippen LogP contribution in [-0.4, -0.2) is 98.6 Å². The van der Waals surface area contributed by atoms with Crippen molar-refractivity contribution in [3.8, 4) is 10.4 Å². The van der Waals surface area contributed by atoms with Gasteiger partial charge in [-0.05, 0) is 55.4 Å². The number of piperidine rings is 1. The molecule has 5 N–H and O–H groups in total. The van der Waals surface area contributed by atoms with E-state index in [0.29, 0.717) is 12.1 Å². The van der Waals surface area contributed by atoms with Crippen molar-refractivity contribution in [3.05, 3.63) is 70.4 Å². The second-order valence-electron chi connectivity index (χ2n) is 15.6. The Hall–Kier alpha value is -5.48. The number of rotatable bonds is 12. The van der Waals surface area contributed by atoms with Gasteiger partial charge in [0, 0.05) is 38.0 Å². The number of thiazole rings is 1. The highest BCUT2D eigenvalue weighted by atomic mass is 32.1. The number of hydrogen-bond acceptors (Lipinski definition) is 11. The Labute approximate surface area is 328 Å². The van der Waals surface area contributed by atoms with Gasteiger partial charge in [0.25, 0.3) is 11.8 Å². The van der Waals surface area contributed by atoms with E-state index in [1.165, 1.54) is 11.0 Å². The monoisotopic (exact) mass is 785 g/mol. The lowest BCUT2D eigenvalue weighted by atomic mass is 9.85. The van der Waals surface area contributed by atoms with Gasteiger partial charge >= 0.3 is 0 Å². The maximum Gasteiger partial charge on any atom is 0.264 e. The number of aliphatic hydroxyl groups excluding tert-OH is 1. The van der Waals surface area contributed by atoms with Gasteiger partial charge in [-0.3, -0.25) is 43.8 Å². The number of nitrogens with one attached hydrogen (secondary N) is 4. The van der Waals surface area contributed by atoms with Gasteiger partial charge in [-0.15, -0.1) is 11.3 Å². The van der Waals surface area contributed by atoms with E-state index in [0.717, 1.165) is 26.6 Å². The predicted molar refractivity (Wildman–Crippen MR) is 207 cm³/mol. The summed E-state index contributed by atoms with van der Waals surface area (Å²) in [6.45, 7) is 9.43. The van der Waals surface area contributed by atoms with Crippen LogP contribution in [0.5, 0.6) is 0 Å². The third-order valence-electron chi connectivity index (χ3n) is 10.4. The zero-order chi connectivity index (χ0) is 40.5. The number of aryl methyl sites for hydroxylation is 1. The highest BCUT2D eigenvalue weighted by Gasteiger charge is 2.46. The van der Waals surface area contributed by atoms with Crippen LogP contribution in [0, 0.1) is 12.3 Å². The number of anilines is 1. The number of amides is 7. The molecule has 0 aliphatic carbocycles. The Bertz CT molecular complexity index is 2060. The number of benzene rings is 2. The molecule has 15 nitrogen and oxygen atoms in total. The smallest absolute Gasteiger partial charge is 0.264 e. The van der Waals surface area contributed by atoms with E-state index in [-0.39, 0.29) is 55.9 Å². The van der Waals surface area contributed by atoms with E-state index in [1.807, 2.05) is 58.9 Å². The van der Waals surface area contributed by atoms with Crippen molar-refractivity contribution in [3.63, 3.8) is 0 Å². The zero-order valence-corrected chi connectivity index (χ0v) is 32.8. The fourth-order valence-electron chi connectivity index (χ4n) is 7.38. The normalized spacial score (nSPS) is 20.7. The Morgan fingerprint density at radius 3 is 2.43 bits per heavy atom. The van der Waals surface area contributed by atoms with Crippen LogP contribution in [0.2, 0.25) is 0 Å². The molecule has 2 fully saturated rings. The summed E-state index contributed by atoms with van der Waals surface area (Å²) in [6.07, 6.45) is -0.474. The van der Waals surface area contributed by atoms with Crippen LogP contribution in [0.3, 0.4) is 0 Å². The molecule has 4 heterocycles. The maximum atomic E-state index is 14.1. The molecule has 2 saturated heterocycles. The largest absolute Gasteiger partial charge is 0.391 e. The van der Waals surface area contributed by atoms with Crippen LogP contribution in [0.1, 0.15) is 97.8 Å². The lowest BCUT2D eigenvalue weighted by Crippen LogP contribution is -2.57. The average Bonchev–Trinajstić information content (AvgIpc) is 3.83. The minimum absolute atomic E-state index is 0.0126. The van der Waals surface area contributed by atoms with Gasteiger partial charge in [0.15, 0.2) is 0 Å². The Morgan fingerprint density at radius 1 is 1.04 bits per heavy atom. The fourth-order valence-corrected chi connectivity index (χ4v) is 8.19. The third kappa shape index (κ3) is 8.35. The summed E-state index contributed by atoms with van der Waals surface area (Å²) in [5.74, 6) is -3.69. The molecule has 0 radical (unpaired) electrons. The first-order chi connectivity index (χ1) is 26.5. The summed E-state index contributed by atoms with van der Waals surface area (Å²) in [5, 5.41) is 21.8. The molecule has 0 saturated carbocycles. The number of fused-ring (bicyclic) bond motifs is 1. The third-order valence-corrected chi connectivity index (χ3v) is 11.4. The molecule has 3 aliphatic rings. The van der Waals surface area contributed by atoms with E-state index in [2.05, 4.69) is 26.3 Å². The van der Waals surface area contributed by atoms with Gasteiger partial charge in [-0.25, -0.2) is 4.98 Å². The first-order valence-electron chi connectivity index (χ1n) is 18.7. The highest BCUT2D eigenvalue weighted by Crippen LogP contribution is 2.33. The van der Waals surface area contributed by atoms with Crippen molar-refractivity contribution in [1.29, 1.82) is 0 Å². The van der Waals surface area contributed by atoms with Crippen LogP contribution in [-0.2, 0) is 24.0 Å². The summed E-state index contributed by atoms with van der Waals surface area (Å²) in [7, 11) is 0. The average molecular weight is 786 g/mol. The summed E-state index contributed by atoms with van der Waals surface area (Å²) in [5.41, 5.74) is 4.54. The van der Waals surface area contributed by atoms with Crippen LogP contribution < -0.4 is 21.3 Å². The number of aliphatic hydroxyl groups is 1. The molecule has 0 bridgehead atoms. The molecular formula is C40H47N7O8S. The summed E-state index contributed by atoms with van der Waals surface area (Å²) >= 11 is 1.56. The number of imide groups is 2. The Balaban J connectivity index is 1.04. The van der Waals surface area contributed by atoms with Crippen LogP contribution in [0.25, 0.3) is 10.4 Å². The van der Waals surface area contributed by atoms with Crippen LogP contribution >= 0.6 is 11.3 Å². The summed E-state index contributed by atoms with van der Waals surface area (Å²) in [6, 6.07) is 9.20. The molecule has 2 aromatic carbocycles. The number of likely N-dealkylation sites (tertiary alicyclic amines) is 1.